The number of nitrogens with zero attached hydrogens (tertiary/aromatic N) is 4. The minimum absolute atomic E-state index is 0.124. The lowest BCUT2D eigenvalue weighted by Gasteiger charge is -2.34. The summed E-state index contributed by atoms with van der Waals surface area (Å²) >= 11 is 0. The van der Waals surface area contributed by atoms with E-state index in [2.05, 4.69) is 21.3 Å². The fourth-order valence-corrected chi connectivity index (χ4v) is 4.22. The van der Waals surface area contributed by atoms with Crippen molar-refractivity contribution in [3.8, 4) is 6.07 Å². The van der Waals surface area contributed by atoms with E-state index in [4.69, 9.17) is 4.74 Å². The summed E-state index contributed by atoms with van der Waals surface area (Å²) in [5, 5.41) is 13.3. The summed E-state index contributed by atoms with van der Waals surface area (Å²) in [5.74, 6) is 0.0178. The number of nitrogens with one attached hydrogen (secondary N) is 1. The van der Waals surface area contributed by atoms with Gasteiger partial charge in [-0.1, -0.05) is 0 Å². The first-order valence-corrected chi connectivity index (χ1v) is 9.76. The van der Waals surface area contributed by atoms with Gasteiger partial charge < -0.3 is 19.9 Å². The number of hydrogen-bond acceptors (Lipinski definition) is 6. The maximum atomic E-state index is 13.2. The highest BCUT2D eigenvalue weighted by Gasteiger charge is 2.34. The molecule has 0 spiro atoms. The number of likely N-dealkylation sites (tertiary alicyclic amines) is 1. The summed E-state index contributed by atoms with van der Waals surface area (Å²) in [4.78, 5) is 21.3. The molecule has 0 unspecified atom stereocenters. The van der Waals surface area contributed by atoms with E-state index in [1.807, 2.05) is 11.0 Å². The van der Waals surface area contributed by atoms with E-state index in [0.717, 1.165) is 62.3 Å². The highest BCUT2D eigenvalue weighted by atomic mass is 16.5. The van der Waals surface area contributed by atoms with Crippen LogP contribution in [-0.4, -0.2) is 48.8 Å². The molecule has 0 radical (unpaired) electrons. The minimum atomic E-state index is -0.124. The van der Waals surface area contributed by atoms with Gasteiger partial charge in [0.2, 0.25) is 0 Å². The summed E-state index contributed by atoms with van der Waals surface area (Å²) in [7, 11) is 0. The first kappa shape index (κ1) is 17.8. The molecule has 2 fully saturated rings. The van der Waals surface area contributed by atoms with Crippen LogP contribution in [-0.2, 0) is 9.53 Å². The normalized spacial score (nSPS) is 21.1. The number of aromatic nitrogens is 1. The Hall–Kier alpha value is -2.59. The standard InChI is InChI=1S/C20H25N5O2/c21-12-16(20(26)24-8-2-1-3-9-24)19(15-5-10-27-11-6-15)25-14-23-17-13-22-7-4-18(17)25/h4,7,13,15,23H,1-3,5-6,8-11,14H2. The van der Waals surface area contributed by atoms with Gasteiger partial charge in [-0.3, -0.25) is 9.78 Å². The number of piperidine rings is 1. The SMILES string of the molecule is N#CC(C(=O)N1CCCCC1)=C(C1CCOCC1)N1CNc2cnccc21. The molecule has 0 saturated carbocycles. The number of ether oxygens (including phenoxy) is 1. The van der Waals surface area contributed by atoms with Crippen molar-refractivity contribution < 1.29 is 9.53 Å². The Kier molecular flexibility index (Phi) is 5.26. The molecule has 2 saturated heterocycles. The van der Waals surface area contributed by atoms with Crippen molar-refractivity contribution >= 4 is 17.3 Å². The van der Waals surface area contributed by atoms with E-state index in [1.165, 1.54) is 0 Å². The Morgan fingerprint density at radius 1 is 1.26 bits per heavy atom. The number of anilines is 2. The zero-order valence-corrected chi connectivity index (χ0v) is 15.5. The Bertz CT molecular complexity index is 773. The maximum absolute atomic E-state index is 13.2. The van der Waals surface area contributed by atoms with E-state index >= 15 is 0 Å². The van der Waals surface area contributed by atoms with Crippen molar-refractivity contribution in [3.63, 3.8) is 0 Å². The van der Waals surface area contributed by atoms with E-state index in [1.54, 1.807) is 12.4 Å². The second-order valence-corrected chi connectivity index (χ2v) is 7.27. The third-order valence-corrected chi connectivity index (χ3v) is 5.64. The summed E-state index contributed by atoms with van der Waals surface area (Å²) in [6, 6.07) is 4.21. The first-order valence-electron chi connectivity index (χ1n) is 9.76. The lowest BCUT2D eigenvalue weighted by atomic mass is 9.91. The molecular weight excluding hydrogens is 342 g/mol. The topological polar surface area (TPSA) is 81.5 Å². The largest absolute Gasteiger partial charge is 0.381 e. The van der Waals surface area contributed by atoms with E-state index < -0.39 is 0 Å². The smallest absolute Gasteiger partial charge is 0.266 e. The monoisotopic (exact) mass is 367 g/mol. The molecule has 0 atom stereocenters. The van der Waals surface area contributed by atoms with E-state index in [9.17, 15) is 10.1 Å². The molecule has 3 aliphatic rings. The van der Waals surface area contributed by atoms with Crippen LogP contribution in [0.5, 0.6) is 0 Å². The van der Waals surface area contributed by atoms with Gasteiger partial charge in [0.15, 0.2) is 0 Å². The molecule has 27 heavy (non-hydrogen) atoms. The molecule has 0 aliphatic carbocycles. The lowest BCUT2D eigenvalue weighted by molar-refractivity contribution is -0.127. The molecule has 7 heteroatoms. The third kappa shape index (κ3) is 3.50. The summed E-state index contributed by atoms with van der Waals surface area (Å²) < 4.78 is 5.53. The number of carbonyl (C=O) groups excluding carboxylic acids is 1. The third-order valence-electron chi connectivity index (χ3n) is 5.64. The maximum Gasteiger partial charge on any atom is 0.266 e. The number of rotatable bonds is 3. The van der Waals surface area contributed by atoms with Crippen LogP contribution in [0.15, 0.2) is 29.7 Å². The van der Waals surface area contributed by atoms with Crippen LogP contribution in [0.4, 0.5) is 11.4 Å². The fourth-order valence-electron chi connectivity index (χ4n) is 4.22. The number of pyridine rings is 1. The van der Waals surface area contributed by atoms with Gasteiger partial charge in [-0.15, -0.1) is 0 Å². The van der Waals surface area contributed by atoms with Crippen molar-refractivity contribution in [3.05, 3.63) is 29.7 Å². The summed E-state index contributed by atoms with van der Waals surface area (Å²) in [5.41, 5.74) is 3.04. The predicted molar refractivity (Wildman–Crippen MR) is 102 cm³/mol. The molecule has 142 valence electrons. The molecule has 1 N–H and O–H groups in total. The average Bonchev–Trinajstić information content (AvgIpc) is 3.16. The lowest BCUT2D eigenvalue weighted by Crippen LogP contribution is -2.39. The average molecular weight is 367 g/mol. The summed E-state index contributed by atoms with van der Waals surface area (Å²) in [6.07, 6.45) is 8.36. The minimum Gasteiger partial charge on any atom is -0.381 e. The van der Waals surface area contributed by atoms with Crippen molar-refractivity contribution in [2.45, 2.75) is 32.1 Å². The van der Waals surface area contributed by atoms with Crippen LogP contribution in [0.3, 0.4) is 0 Å². The van der Waals surface area contributed by atoms with Crippen molar-refractivity contribution in [2.24, 2.45) is 5.92 Å². The Morgan fingerprint density at radius 2 is 2.04 bits per heavy atom. The van der Waals surface area contributed by atoms with Gasteiger partial charge in [-0.25, -0.2) is 0 Å². The number of carbonyl (C=O) groups is 1. The predicted octanol–water partition coefficient (Wildman–Crippen LogP) is 2.49. The fraction of sp³-hybridized carbons (Fsp3) is 0.550. The molecule has 4 rings (SSSR count). The number of allylic oxidation sites excluding steroid dienone is 1. The number of nitriles is 1. The van der Waals surface area contributed by atoms with Crippen molar-refractivity contribution in [1.82, 2.24) is 9.88 Å². The molecule has 1 aromatic heterocycles. The van der Waals surface area contributed by atoms with Gasteiger partial charge in [0.05, 0.1) is 24.2 Å². The number of amides is 1. The Balaban J connectivity index is 1.75. The van der Waals surface area contributed by atoms with Gasteiger partial charge in [0, 0.05) is 44.1 Å². The van der Waals surface area contributed by atoms with Gasteiger partial charge >= 0.3 is 0 Å². The molecule has 1 aromatic rings. The summed E-state index contributed by atoms with van der Waals surface area (Å²) in [6.45, 7) is 3.35. The molecule has 0 aromatic carbocycles. The number of hydrogen-bond donors (Lipinski definition) is 1. The molecule has 1 amide bonds. The van der Waals surface area contributed by atoms with Crippen LogP contribution in [0, 0.1) is 17.2 Å². The molecule has 3 aliphatic heterocycles. The quantitative estimate of drug-likeness (QED) is 0.653. The number of fused-ring (bicyclic) bond motifs is 1. The molecule has 0 bridgehead atoms. The second kappa shape index (κ2) is 7.97. The Labute approximate surface area is 159 Å². The van der Waals surface area contributed by atoms with Crippen LogP contribution >= 0.6 is 0 Å². The zero-order chi connectivity index (χ0) is 18.6. The van der Waals surface area contributed by atoms with Crippen LogP contribution in [0.25, 0.3) is 0 Å². The second-order valence-electron chi connectivity index (χ2n) is 7.27. The molecule has 4 heterocycles. The van der Waals surface area contributed by atoms with E-state index in [0.29, 0.717) is 19.9 Å². The van der Waals surface area contributed by atoms with Gasteiger partial charge in [0.25, 0.3) is 5.91 Å². The molecular formula is C20H25N5O2. The zero-order valence-electron chi connectivity index (χ0n) is 15.5. The highest BCUT2D eigenvalue weighted by Crippen LogP contribution is 2.39. The van der Waals surface area contributed by atoms with Crippen LogP contribution < -0.4 is 10.2 Å². The van der Waals surface area contributed by atoms with Gasteiger partial charge in [-0.05, 0) is 38.2 Å². The van der Waals surface area contributed by atoms with Crippen LogP contribution in [0.2, 0.25) is 0 Å². The van der Waals surface area contributed by atoms with Crippen molar-refractivity contribution in [2.75, 3.05) is 43.2 Å². The Morgan fingerprint density at radius 3 is 2.78 bits per heavy atom. The van der Waals surface area contributed by atoms with E-state index in [-0.39, 0.29) is 17.4 Å². The first-order chi connectivity index (χ1) is 13.3. The van der Waals surface area contributed by atoms with Crippen LogP contribution in [0.1, 0.15) is 32.1 Å². The molecule has 7 nitrogen and oxygen atoms in total. The van der Waals surface area contributed by atoms with Gasteiger partial charge in [0.1, 0.15) is 11.6 Å². The van der Waals surface area contributed by atoms with Gasteiger partial charge in [-0.2, -0.15) is 5.26 Å². The van der Waals surface area contributed by atoms with Crippen molar-refractivity contribution in [1.29, 1.82) is 5.26 Å². The highest BCUT2D eigenvalue weighted by molar-refractivity contribution is 5.99.